The van der Waals surface area contributed by atoms with Crippen molar-refractivity contribution in [3.8, 4) is 0 Å². The van der Waals surface area contributed by atoms with Crippen LogP contribution in [0.3, 0.4) is 0 Å². The van der Waals surface area contributed by atoms with Crippen LogP contribution >= 0.6 is 24.0 Å². The van der Waals surface area contributed by atoms with Crippen molar-refractivity contribution in [1.29, 1.82) is 0 Å². The van der Waals surface area contributed by atoms with Gasteiger partial charge in [0.1, 0.15) is 5.82 Å². The van der Waals surface area contributed by atoms with Gasteiger partial charge in [0, 0.05) is 47.0 Å². The molecule has 0 unspecified atom stereocenters. The van der Waals surface area contributed by atoms with Crippen LogP contribution in [0.15, 0.2) is 53.7 Å². The first-order valence-corrected chi connectivity index (χ1v) is 9.77. The van der Waals surface area contributed by atoms with Crippen molar-refractivity contribution in [1.82, 2.24) is 15.2 Å². The molecule has 2 heterocycles. The summed E-state index contributed by atoms with van der Waals surface area (Å²) in [7, 11) is 5.90. The Morgan fingerprint density at radius 3 is 2.50 bits per heavy atom. The molecule has 1 saturated heterocycles. The van der Waals surface area contributed by atoms with E-state index in [-0.39, 0.29) is 24.0 Å². The molecule has 0 amide bonds. The Morgan fingerprint density at radius 2 is 1.86 bits per heavy atom. The number of nitrogens with zero attached hydrogens (tertiary/aromatic N) is 4. The minimum Gasteiger partial charge on any atom is -0.363 e. The molecule has 3 rings (SSSR count). The maximum atomic E-state index is 4.50. The Kier molecular flexibility index (Phi) is 9.02. The monoisotopic (exact) mass is 493 g/mol. The number of piperidine rings is 1. The standard InChI is InChI=1S/C22H31N5.HI/c1-23-22(25-17-20-9-12-24-21(16-20)26(2)3)27-13-10-19(11-14-27)15-18-7-5-4-6-8-18;/h4-9,12,16,19H,10-11,13-15,17H2,1-3H3,(H,23,25);1H. The molecule has 6 heteroatoms. The van der Waals surface area contributed by atoms with Gasteiger partial charge in [0.25, 0.3) is 0 Å². The van der Waals surface area contributed by atoms with Crippen molar-refractivity contribution in [2.75, 3.05) is 39.1 Å². The van der Waals surface area contributed by atoms with Crippen LogP contribution in [-0.2, 0) is 13.0 Å². The van der Waals surface area contributed by atoms with Crippen molar-refractivity contribution in [2.45, 2.75) is 25.8 Å². The Labute approximate surface area is 186 Å². The summed E-state index contributed by atoms with van der Waals surface area (Å²) < 4.78 is 0. The van der Waals surface area contributed by atoms with E-state index in [1.807, 2.05) is 32.2 Å². The highest BCUT2D eigenvalue weighted by Gasteiger charge is 2.21. The molecule has 0 spiro atoms. The minimum absolute atomic E-state index is 0. The fourth-order valence-electron chi connectivity index (χ4n) is 3.62. The first-order valence-electron chi connectivity index (χ1n) is 9.77. The number of hydrogen-bond donors (Lipinski definition) is 1. The Bertz CT molecular complexity index is 740. The van der Waals surface area contributed by atoms with Gasteiger partial charge < -0.3 is 15.1 Å². The van der Waals surface area contributed by atoms with Crippen molar-refractivity contribution in [3.63, 3.8) is 0 Å². The van der Waals surface area contributed by atoms with Crippen LogP contribution < -0.4 is 10.2 Å². The summed E-state index contributed by atoms with van der Waals surface area (Å²) in [6.07, 6.45) is 5.49. The van der Waals surface area contributed by atoms with Crippen LogP contribution in [0, 0.1) is 5.92 Å². The molecule has 0 aliphatic carbocycles. The predicted molar refractivity (Wildman–Crippen MR) is 129 cm³/mol. The molecular weight excluding hydrogens is 461 g/mol. The number of hydrogen-bond acceptors (Lipinski definition) is 3. The van der Waals surface area contributed by atoms with Crippen LogP contribution in [-0.4, -0.2) is 50.1 Å². The quantitative estimate of drug-likeness (QED) is 0.391. The molecule has 1 aliphatic rings. The zero-order chi connectivity index (χ0) is 19.1. The molecule has 1 fully saturated rings. The SMILES string of the molecule is CN=C(NCc1ccnc(N(C)C)c1)N1CCC(Cc2ccccc2)CC1.I. The lowest BCUT2D eigenvalue weighted by molar-refractivity contribution is 0.259. The van der Waals surface area contributed by atoms with E-state index in [1.165, 1.54) is 30.4 Å². The second-order valence-electron chi connectivity index (χ2n) is 7.44. The molecule has 1 N–H and O–H groups in total. The van der Waals surface area contributed by atoms with Crippen molar-refractivity contribution in [2.24, 2.45) is 10.9 Å². The average Bonchev–Trinajstić information content (AvgIpc) is 2.70. The van der Waals surface area contributed by atoms with Crippen LogP contribution in [0.2, 0.25) is 0 Å². The molecule has 0 bridgehead atoms. The zero-order valence-corrected chi connectivity index (χ0v) is 19.5. The molecule has 152 valence electrons. The fourth-order valence-corrected chi connectivity index (χ4v) is 3.62. The van der Waals surface area contributed by atoms with Crippen molar-refractivity contribution in [3.05, 3.63) is 59.8 Å². The van der Waals surface area contributed by atoms with Gasteiger partial charge >= 0.3 is 0 Å². The molecule has 5 nitrogen and oxygen atoms in total. The Balaban J connectivity index is 0.00000280. The Hall–Kier alpha value is -1.83. The number of aromatic nitrogens is 1. The van der Waals surface area contributed by atoms with Gasteiger partial charge in [0.2, 0.25) is 0 Å². The zero-order valence-electron chi connectivity index (χ0n) is 17.1. The van der Waals surface area contributed by atoms with Gasteiger partial charge in [-0.2, -0.15) is 0 Å². The van der Waals surface area contributed by atoms with E-state index in [4.69, 9.17) is 0 Å². The van der Waals surface area contributed by atoms with Gasteiger partial charge in [-0.25, -0.2) is 4.98 Å². The number of anilines is 1. The number of guanidine groups is 1. The van der Waals surface area contributed by atoms with E-state index in [2.05, 4.69) is 62.7 Å². The lowest BCUT2D eigenvalue weighted by atomic mass is 9.90. The molecule has 1 aromatic heterocycles. The molecular formula is C22H32IN5. The molecule has 0 saturated carbocycles. The number of halogens is 1. The molecule has 0 radical (unpaired) electrons. The number of pyridine rings is 1. The lowest BCUT2D eigenvalue weighted by Crippen LogP contribution is -2.45. The van der Waals surface area contributed by atoms with Crippen LogP contribution in [0.4, 0.5) is 5.82 Å². The first-order chi connectivity index (χ1) is 13.2. The van der Waals surface area contributed by atoms with Gasteiger partial charge in [-0.3, -0.25) is 4.99 Å². The van der Waals surface area contributed by atoms with E-state index in [1.54, 1.807) is 0 Å². The third-order valence-electron chi connectivity index (χ3n) is 5.21. The largest absolute Gasteiger partial charge is 0.363 e. The van der Waals surface area contributed by atoms with Gasteiger partial charge in [-0.1, -0.05) is 30.3 Å². The summed E-state index contributed by atoms with van der Waals surface area (Å²) in [5.41, 5.74) is 2.67. The summed E-state index contributed by atoms with van der Waals surface area (Å²) in [4.78, 5) is 13.3. The highest BCUT2D eigenvalue weighted by atomic mass is 127. The Morgan fingerprint density at radius 1 is 1.14 bits per heavy atom. The van der Waals surface area contributed by atoms with Crippen molar-refractivity contribution < 1.29 is 0 Å². The third kappa shape index (κ3) is 6.36. The molecule has 28 heavy (non-hydrogen) atoms. The van der Waals surface area contributed by atoms with Gasteiger partial charge in [0.15, 0.2) is 5.96 Å². The number of benzene rings is 1. The predicted octanol–water partition coefficient (Wildman–Crippen LogP) is 3.80. The number of rotatable bonds is 5. The van der Waals surface area contributed by atoms with Gasteiger partial charge in [0.05, 0.1) is 0 Å². The van der Waals surface area contributed by atoms with Crippen LogP contribution in [0.25, 0.3) is 0 Å². The second kappa shape index (κ2) is 11.2. The summed E-state index contributed by atoms with van der Waals surface area (Å²) >= 11 is 0. The maximum absolute atomic E-state index is 4.50. The van der Waals surface area contributed by atoms with E-state index < -0.39 is 0 Å². The summed E-state index contributed by atoms with van der Waals surface area (Å²) in [5, 5.41) is 3.52. The van der Waals surface area contributed by atoms with E-state index in [9.17, 15) is 0 Å². The third-order valence-corrected chi connectivity index (χ3v) is 5.21. The van der Waals surface area contributed by atoms with E-state index in [0.717, 1.165) is 37.3 Å². The van der Waals surface area contributed by atoms with Crippen molar-refractivity contribution >= 4 is 35.8 Å². The minimum atomic E-state index is 0. The number of likely N-dealkylation sites (tertiary alicyclic amines) is 1. The smallest absolute Gasteiger partial charge is 0.193 e. The molecule has 2 aromatic rings. The molecule has 1 aliphatic heterocycles. The number of aliphatic imine (C=N–C) groups is 1. The van der Waals surface area contributed by atoms with Crippen LogP contribution in [0.1, 0.15) is 24.0 Å². The highest BCUT2D eigenvalue weighted by molar-refractivity contribution is 14.0. The summed E-state index contributed by atoms with van der Waals surface area (Å²) in [6, 6.07) is 15.0. The topological polar surface area (TPSA) is 43.8 Å². The number of nitrogens with one attached hydrogen (secondary N) is 1. The highest BCUT2D eigenvalue weighted by Crippen LogP contribution is 2.21. The normalized spacial score (nSPS) is 15.1. The fraction of sp³-hybridized carbons (Fsp3) is 0.455. The maximum Gasteiger partial charge on any atom is 0.193 e. The van der Waals surface area contributed by atoms with Gasteiger partial charge in [-0.05, 0) is 48.4 Å². The molecule has 1 aromatic carbocycles. The first kappa shape index (κ1) is 22.5. The van der Waals surface area contributed by atoms with E-state index >= 15 is 0 Å². The second-order valence-corrected chi connectivity index (χ2v) is 7.44. The van der Waals surface area contributed by atoms with E-state index in [0.29, 0.717) is 0 Å². The lowest BCUT2D eigenvalue weighted by Gasteiger charge is -2.34. The van der Waals surface area contributed by atoms with Gasteiger partial charge in [-0.15, -0.1) is 24.0 Å². The summed E-state index contributed by atoms with van der Waals surface area (Å²) in [5.74, 6) is 2.74. The average molecular weight is 493 g/mol. The summed E-state index contributed by atoms with van der Waals surface area (Å²) in [6.45, 7) is 2.90. The molecule has 0 atom stereocenters. The van der Waals surface area contributed by atoms with Crippen LogP contribution in [0.5, 0.6) is 0 Å².